The van der Waals surface area contributed by atoms with Gasteiger partial charge in [-0.3, -0.25) is 9.67 Å². The Labute approximate surface area is 120 Å². The molecule has 0 fully saturated rings. The Bertz CT molecular complexity index is 450. The Hall–Kier alpha value is -0.970. The van der Waals surface area contributed by atoms with Crippen molar-refractivity contribution in [2.45, 2.75) is 45.9 Å². The molecule has 0 bridgehead atoms. The van der Waals surface area contributed by atoms with Gasteiger partial charge in [0.2, 0.25) is 0 Å². The number of hydrogen-bond acceptors (Lipinski definition) is 4. The zero-order valence-corrected chi connectivity index (χ0v) is 13.1. The van der Waals surface area contributed by atoms with Crippen molar-refractivity contribution in [2.24, 2.45) is 10.9 Å². The van der Waals surface area contributed by atoms with E-state index in [4.69, 9.17) is 0 Å². The zero-order chi connectivity index (χ0) is 13.8. The monoisotopic (exact) mass is 280 g/mol. The molecule has 0 amide bonds. The van der Waals surface area contributed by atoms with E-state index in [0.717, 1.165) is 36.9 Å². The molecule has 106 valence electrons. The van der Waals surface area contributed by atoms with Crippen LogP contribution in [0, 0.1) is 19.8 Å². The van der Waals surface area contributed by atoms with Crippen LogP contribution in [0.2, 0.25) is 0 Å². The standard InChI is InChI=1S/C14H24N4S/c1-10(2)13-9-16-14(19-13)15-6-5-7-18-12(4)8-11(3)17-18/h8,10,13H,5-7,9H2,1-4H3,(H,15,16). The molecule has 1 unspecified atom stereocenters. The van der Waals surface area contributed by atoms with Crippen LogP contribution in [0.5, 0.6) is 0 Å². The summed E-state index contributed by atoms with van der Waals surface area (Å²) in [6.45, 7) is 11.6. The molecule has 1 aliphatic heterocycles. The lowest BCUT2D eigenvalue weighted by atomic mass is 10.1. The molecule has 1 aliphatic rings. The first kappa shape index (κ1) is 14.4. The lowest BCUT2D eigenvalue weighted by molar-refractivity contribution is 0.558. The second-order valence-corrected chi connectivity index (χ2v) is 6.70. The summed E-state index contributed by atoms with van der Waals surface area (Å²) in [6.07, 6.45) is 1.08. The summed E-state index contributed by atoms with van der Waals surface area (Å²) in [5.74, 6) is 0.697. The average molecular weight is 280 g/mol. The quantitative estimate of drug-likeness (QED) is 0.843. The maximum Gasteiger partial charge on any atom is 0.156 e. The minimum Gasteiger partial charge on any atom is -0.365 e. The van der Waals surface area contributed by atoms with E-state index in [2.05, 4.69) is 46.9 Å². The van der Waals surface area contributed by atoms with Crippen molar-refractivity contribution < 1.29 is 0 Å². The minimum absolute atomic E-state index is 0.651. The fourth-order valence-electron chi connectivity index (χ4n) is 2.16. The van der Waals surface area contributed by atoms with E-state index in [-0.39, 0.29) is 0 Å². The van der Waals surface area contributed by atoms with Gasteiger partial charge in [-0.05, 0) is 32.3 Å². The Morgan fingerprint density at radius 3 is 2.84 bits per heavy atom. The molecule has 1 atom stereocenters. The number of nitrogens with zero attached hydrogens (tertiary/aromatic N) is 3. The maximum atomic E-state index is 4.55. The highest BCUT2D eigenvalue weighted by Crippen LogP contribution is 2.25. The summed E-state index contributed by atoms with van der Waals surface area (Å²) in [7, 11) is 0. The number of aliphatic imine (C=N–C) groups is 1. The van der Waals surface area contributed by atoms with Crippen molar-refractivity contribution in [1.82, 2.24) is 15.1 Å². The molecule has 1 aromatic heterocycles. The first-order valence-corrected chi connectivity index (χ1v) is 7.90. The fourth-order valence-corrected chi connectivity index (χ4v) is 3.20. The average Bonchev–Trinajstić information content (AvgIpc) is 2.92. The fraction of sp³-hybridized carbons (Fsp3) is 0.714. The number of amidine groups is 1. The molecule has 0 aliphatic carbocycles. The van der Waals surface area contributed by atoms with E-state index >= 15 is 0 Å². The van der Waals surface area contributed by atoms with Gasteiger partial charge in [-0.2, -0.15) is 5.10 Å². The second-order valence-electron chi connectivity index (χ2n) is 5.48. The lowest BCUT2D eigenvalue weighted by Crippen LogP contribution is -2.22. The molecule has 1 aromatic rings. The predicted octanol–water partition coefficient (Wildman–Crippen LogP) is 2.61. The SMILES string of the molecule is Cc1cc(C)n(CCCNC2=NCC(C(C)C)S2)n1. The molecule has 5 heteroatoms. The molecule has 0 saturated carbocycles. The first-order valence-electron chi connectivity index (χ1n) is 7.02. The van der Waals surface area contributed by atoms with Crippen molar-refractivity contribution in [3.8, 4) is 0 Å². The molecule has 2 rings (SSSR count). The highest BCUT2D eigenvalue weighted by Gasteiger charge is 2.21. The van der Waals surface area contributed by atoms with Gasteiger partial charge in [-0.25, -0.2) is 0 Å². The second kappa shape index (κ2) is 6.46. The van der Waals surface area contributed by atoms with Gasteiger partial charge in [-0.15, -0.1) is 0 Å². The van der Waals surface area contributed by atoms with Gasteiger partial charge in [0, 0.05) is 24.0 Å². The van der Waals surface area contributed by atoms with E-state index in [0.29, 0.717) is 11.2 Å². The Morgan fingerprint density at radius 2 is 2.26 bits per heavy atom. The van der Waals surface area contributed by atoms with Gasteiger partial charge in [0.1, 0.15) is 0 Å². The summed E-state index contributed by atoms with van der Waals surface area (Å²) in [4.78, 5) is 4.55. The van der Waals surface area contributed by atoms with Crippen molar-refractivity contribution in [3.63, 3.8) is 0 Å². The molecule has 0 radical (unpaired) electrons. The highest BCUT2D eigenvalue weighted by atomic mass is 32.2. The van der Waals surface area contributed by atoms with Crippen LogP contribution >= 0.6 is 11.8 Å². The normalized spacial score (nSPS) is 19.0. The maximum absolute atomic E-state index is 4.55. The molecule has 0 spiro atoms. The number of nitrogens with one attached hydrogen (secondary N) is 1. The van der Waals surface area contributed by atoms with Gasteiger partial charge < -0.3 is 5.32 Å². The van der Waals surface area contributed by atoms with Gasteiger partial charge >= 0.3 is 0 Å². The van der Waals surface area contributed by atoms with Gasteiger partial charge in [0.05, 0.1) is 12.2 Å². The van der Waals surface area contributed by atoms with E-state index in [1.165, 1.54) is 5.69 Å². The molecular weight excluding hydrogens is 256 g/mol. The number of rotatable bonds is 5. The van der Waals surface area contributed by atoms with Crippen molar-refractivity contribution in [3.05, 3.63) is 17.5 Å². The van der Waals surface area contributed by atoms with E-state index in [1.54, 1.807) is 0 Å². The molecule has 0 saturated heterocycles. The third-order valence-electron chi connectivity index (χ3n) is 3.35. The van der Waals surface area contributed by atoms with E-state index < -0.39 is 0 Å². The summed E-state index contributed by atoms with van der Waals surface area (Å²) in [6, 6.07) is 2.12. The van der Waals surface area contributed by atoms with Crippen molar-refractivity contribution in [2.75, 3.05) is 13.1 Å². The topological polar surface area (TPSA) is 42.2 Å². The van der Waals surface area contributed by atoms with Crippen LogP contribution in [0.3, 0.4) is 0 Å². The first-order chi connectivity index (χ1) is 9.06. The smallest absolute Gasteiger partial charge is 0.156 e. The molecule has 2 heterocycles. The number of aryl methyl sites for hydroxylation is 3. The van der Waals surface area contributed by atoms with Crippen molar-refractivity contribution in [1.29, 1.82) is 0 Å². The third kappa shape index (κ3) is 4.00. The number of aromatic nitrogens is 2. The Kier molecular flexibility index (Phi) is 4.91. The Morgan fingerprint density at radius 1 is 1.47 bits per heavy atom. The number of hydrogen-bond donors (Lipinski definition) is 1. The van der Waals surface area contributed by atoms with Crippen LogP contribution in [0.25, 0.3) is 0 Å². The third-order valence-corrected chi connectivity index (χ3v) is 4.84. The summed E-state index contributed by atoms with van der Waals surface area (Å²) < 4.78 is 2.08. The van der Waals surface area contributed by atoms with Crippen LogP contribution in [-0.2, 0) is 6.54 Å². The molecule has 4 nitrogen and oxygen atoms in total. The van der Waals surface area contributed by atoms with Crippen molar-refractivity contribution >= 4 is 16.9 Å². The van der Waals surface area contributed by atoms with Crippen LogP contribution in [0.4, 0.5) is 0 Å². The molecule has 19 heavy (non-hydrogen) atoms. The van der Waals surface area contributed by atoms with Gasteiger partial charge in [0.15, 0.2) is 5.17 Å². The highest BCUT2D eigenvalue weighted by molar-refractivity contribution is 8.14. The van der Waals surface area contributed by atoms with Crippen LogP contribution in [-0.4, -0.2) is 33.3 Å². The zero-order valence-electron chi connectivity index (χ0n) is 12.3. The number of thioether (sulfide) groups is 1. The van der Waals surface area contributed by atoms with E-state index in [9.17, 15) is 0 Å². The molecule has 0 aromatic carbocycles. The van der Waals surface area contributed by atoms with Crippen LogP contribution in [0.1, 0.15) is 31.7 Å². The minimum atomic E-state index is 0.651. The lowest BCUT2D eigenvalue weighted by Gasteiger charge is -2.12. The molecular formula is C14H24N4S. The van der Waals surface area contributed by atoms with E-state index in [1.807, 2.05) is 18.7 Å². The van der Waals surface area contributed by atoms with Gasteiger partial charge in [-0.1, -0.05) is 25.6 Å². The predicted molar refractivity (Wildman–Crippen MR) is 82.8 cm³/mol. The summed E-state index contributed by atoms with van der Waals surface area (Å²) in [5.41, 5.74) is 2.34. The summed E-state index contributed by atoms with van der Waals surface area (Å²) >= 11 is 1.89. The van der Waals surface area contributed by atoms with Crippen LogP contribution < -0.4 is 5.32 Å². The largest absolute Gasteiger partial charge is 0.365 e. The van der Waals surface area contributed by atoms with Gasteiger partial charge in [0.25, 0.3) is 0 Å². The Balaban J connectivity index is 1.67. The summed E-state index contributed by atoms with van der Waals surface area (Å²) in [5, 5.41) is 9.67. The van der Waals surface area contributed by atoms with Crippen LogP contribution in [0.15, 0.2) is 11.1 Å². The molecule has 1 N–H and O–H groups in total.